The molecule has 0 atom stereocenters. The highest BCUT2D eigenvalue weighted by Crippen LogP contribution is 2.18. The molecule has 0 amide bonds. The average Bonchev–Trinajstić information content (AvgIpc) is 2.75. The van der Waals surface area contributed by atoms with Crippen molar-refractivity contribution >= 4 is 18.0 Å². The Morgan fingerprint density at radius 1 is 1.25 bits per heavy atom. The number of nitro benzene ring substituents is 1. The van der Waals surface area contributed by atoms with Crippen LogP contribution in [0.15, 0.2) is 35.4 Å². The van der Waals surface area contributed by atoms with Gasteiger partial charge < -0.3 is 0 Å². The van der Waals surface area contributed by atoms with E-state index in [2.05, 4.69) is 15.3 Å². The van der Waals surface area contributed by atoms with E-state index in [9.17, 15) is 10.1 Å². The fourth-order valence-electron chi connectivity index (χ4n) is 1.68. The van der Waals surface area contributed by atoms with Gasteiger partial charge in [-0.15, -0.1) is 10.2 Å². The van der Waals surface area contributed by atoms with Crippen molar-refractivity contribution < 1.29 is 4.92 Å². The summed E-state index contributed by atoms with van der Waals surface area (Å²) in [6, 6.07) is 6.52. The Bertz CT molecular complexity index is 668. The van der Waals surface area contributed by atoms with Crippen LogP contribution in [-0.2, 0) is 0 Å². The van der Waals surface area contributed by atoms with Crippen LogP contribution < -0.4 is 0 Å². The third kappa shape index (κ3) is 2.94. The van der Waals surface area contributed by atoms with Crippen molar-refractivity contribution in [2.45, 2.75) is 13.8 Å². The van der Waals surface area contributed by atoms with E-state index in [0.29, 0.717) is 17.2 Å². The van der Waals surface area contributed by atoms with Gasteiger partial charge in [-0.1, -0.05) is 12.1 Å². The number of aryl methyl sites for hydroxylation is 2. The van der Waals surface area contributed by atoms with E-state index in [0.717, 1.165) is 0 Å². The van der Waals surface area contributed by atoms with Gasteiger partial charge in [-0.3, -0.25) is 10.1 Å². The van der Waals surface area contributed by atoms with Crippen molar-refractivity contribution in [2.24, 2.45) is 5.10 Å². The molecule has 1 aromatic heterocycles. The first kappa shape index (κ1) is 13.6. The molecular formula is C13H13N5O2. The molecule has 1 aromatic carbocycles. The molecule has 7 heteroatoms. The number of hydrogen-bond acceptors (Lipinski definition) is 5. The molecule has 2 rings (SSSR count). The molecule has 0 radical (unpaired) electrons. The monoisotopic (exact) mass is 271 g/mol. The second-order valence-electron chi connectivity index (χ2n) is 4.05. The predicted octanol–water partition coefficient (Wildman–Crippen LogP) is 2.35. The lowest BCUT2D eigenvalue weighted by Crippen LogP contribution is -1.94. The Balaban J connectivity index is 2.17. The highest BCUT2D eigenvalue weighted by molar-refractivity contribution is 5.79. The predicted molar refractivity (Wildman–Crippen MR) is 75.5 cm³/mol. The van der Waals surface area contributed by atoms with E-state index in [1.54, 1.807) is 55.1 Å². The van der Waals surface area contributed by atoms with Crippen LogP contribution >= 0.6 is 0 Å². The fraction of sp³-hybridized carbons (Fsp3) is 0.154. The summed E-state index contributed by atoms with van der Waals surface area (Å²) in [6.45, 7) is 3.59. The zero-order valence-electron chi connectivity index (χ0n) is 11.1. The lowest BCUT2D eigenvalue weighted by molar-refractivity contribution is -0.385. The zero-order chi connectivity index (χ0) is 14.5. The number of para-hydroxylation sites is 1. The van der Waals surface area contributed by atoms with E-state index in [4.69, 9.17) is 0 Å². The maximum absolute atomic E-state index is 10.8. The maximum Gasteiger partial charge on any atom is 0.276 e. The number of aromatic nitrogens is 3. The molecule has 102 valence electrons. The van der Waals surface area contributed by atoms with Crippen molar-refractivity contribution in [3.63, 3.8) is 0 Å². The molecule has 0 saturated carbocycles. The lowest BCUT2D eigenvalue weighted by atomic mass is 10.2. The van der Waals surface area contributed by atoms with Crippen molar-refractivity contribution in [1.82, 2.24) is 14.9 Å². The van der Waals surface area contributed by atoms with E-state index >= 15 is 0 Å². The van der Waals surface area contributed by atoms with Gasteiger partial charge in [-0.2, -0.15) is 5.10 Å². The van der Waals surface area contributed by atoms with Crippen LogP contribution in [0.5, 0.6) is 0 Å². The molecule has 0 spiro atoms. The third-order valence-corrected chi connectivity index (χ3v) is 2.63. The molecule has 0 unspecified atom stereocenters. The van der Waals surface area contributed by atoms with Crippen LogP contribution in [0.2, 0.25) is 0 Å². The zero-order valence-corrected chi connectivity index (χ0v) is 11.1. The van der Waals surface area contributed by atoms with Gasteiger partial charge in [-0.05, 0) is 32.1 Å². The molecule has 7 nitrogen and oxygen atoms in total. The maximum atomic E-state index is 10.8. The molecule has 0 aliphatic heterocycles. The molecule has 0 N–H and O–H groups in total. The topological polar surface area (TPSA) is 86.2 Å². The third-order valence-electron chi connectivity index (χ3n) is 2.63. The van der Waals surface area contributed by atoms with Gasteiger partial charge in [0.1, 0.15) is 0 Å². The van der Waals surface area contributed by atoms with Crippen molar-refractivity contribution in [2.75, 3.05) is 0 Å². The Morgan fingerprint density at radius 2 is 1.90 bits per heavy atom. The standard InChI is InChI=1S/C13H13N5O2/c1-10-15-16-11(2)17(10)14-9-5-7-12-6-3-4-8-13(12)18(19)20/h3-9H,1-2H3/b7-5+,14-9+. The van der Waals surface area contributed by atoms with E-state index in [-0.39, 0.29) is 5.69 Å². The summed E-state index contributed by atoms with van der Waals surface area (Å²) in [5.41, 5.74) is 0.593. The number of benzene rings is 1. The number of allylic oxidation sites excluding steroid dienone is 1. The van der Waals surface area contributed by atoms with Gasteiger partial charge in [0.2, 0.25) is 0 Å². The van der Waals surface area contributed by atoms with Gasteiger partial charge in [0, 0.05) is 12.3 Å². The highest BCUT2D eigenvalue weighted by Gasteiger charge is 2.08. The van der Waals surface area contributed by atoms with Crippen LogP contribution in [0.1, 0.15) is 17.2 Å². The molecule has 20 heavy (non-hydrogen) atoms. The van der Waals surface area contributed by atoms with Crippen LogP contribution in [0.25, 0.3) is 6.08 Å². The first-order valence-electron chi connectivity index (χ1n) is 5.92. The Kier molecular flexibility index (Phi) is 3.99. The molecule has 2 aromatic rings. The molecular weight excluding hydrogens is 258 g/mol. The quantitative estimate of drug-likeness (QED) is 0.485. The molecule has 0 aliphatic rings. The molecule has 1 heterocycles. The van der Waals surface area contributed by atoms with Crippen LogP contribution in [0, 0.1) is 24.0 Å². The first-order chi connectivity index (χ1) is 9.59. The average molecular weight is 271 g/mol. The SMILES string of the molecule is Cc1nnc(C)n1/N=C/C=C/c1ccccc1[N+](=O)[O-]. The minimum absolute atomic E-state index is 0.0637. The number of hydrogen-bond donors (Lipinski definition) is 0. The minimum Gasteiger partial charge on any atom is -0.258 e. The first-order valence-corrected chi connectivity index (χ1v) is 5.92. The largest absolute Gasteiger partial charge is 0.276 e. The van der Waals surface area contributed by atoms with Gasteiger partial charge in [0.25, 0.3) is 5.69 Å². The Morgan fingerprint density at radius 3 is 2.55 bits per heavy atom. The molecule has 0 aliphatic carbocycles. The number of nitro groups is 1. The van der Waals surface area contributed by atoms with E-state index in [1.807, 2.05) is 0 Å². The van der Waals surface area contributed by atoms with Gasteiger partial charge in [0.15, 0.2) is 11.6 Å². The lowest BCUT2D eigenvalue weighted by Gasteiger charge is -1.96. The number of nitrogens with zero attached hydrogens (tertiary/aromatic N) is 5. The smallest absolute Gasteiger partial charge is 0.258 e. The van der Waals surface area contributed by atoms with Crippen LogP contribution in [0.4, 0.5) is 5.69 Å². The Labute approximate surface area is 115 Å². The van der Waals surface area contributed by atoms with Crippen LogP contribution in [0.3, 0.4) is 0 Å². The highest BCUT2D eigenvalue weighted by atomic mass is 16.6. The van der Waals surface area contributed by atoms with E-state index < -0.39 is 4.92 Å². The summed E-state index contributed by atoms with van der Waals surface area (Å²) in [4.78, 5) is 10.4. The van der Waals surface area contributed by atoms with Crippen molar-refractivity contribution in [3.8, 4) is 0 Å². The second kappa shape index (κ2) is 5.87. The van der Waals surface area contributed by atoms with Crippen LogP contribution in [-0.4, -0.2) is 26.0 Å². The summed E-state index contributed by atoms with van der Waals surface area (Å²) < 4.78 is 1.59. The summed E-state index contributed by atoms with van der Waals surface area (Å²) in [7, 11) is 0. The van der Waals surface area contributed by atoms with Gasteiger partial charge >= 0.3 is 0 Å². The molecule has 0 fully saturated rings. The molecule has 0 bridgehead atoms. The second-order valence-corrected chi connectivity index (χ2v) is 4.05. The number of rotatable bonds is 4. The molecule has 0 saturated heterocycles. The van der Waals surface area contributed by atoms with E-state index in [1.165, 1.54) is 6.07 Å². The van der Waals surface area contributed by atoms with Gasteiger partial charge in [0.05, 0.1) is 10.5 Å². The van der Waals surface area contributed by atoms with Crippen molar-refractivity contribution in [1.29, 1.82) is 0 Å². The van der Waals surface area contributed by atoms with Gasteiger partial charge in [-0.25, -0.2) is 4.68 Å². The summed E-state index contributed by atoms with van der Waals surface area (Å²) >= 11 is 0. The summed E-state index contributed by atoms with van der Waals surface area (Å²) in [5, 5.41) is 22.8. The summed E-state index contributed by atoms with van der Waals surface area (Å²) in [5.74, 6) is 1.36. The summed E-state index contributed by atoms with van der Waals surface area (Å²) in [6.07, 6.45) is 4.82. The fourth-order valence-corrected chi connectivity index (χ4v) is 1.68. The Hall–Kier alpha value is -2.83. The minimum atomic E-state index is -0.412. The normalized spacial score (nSPS) is 11.5. The van der Waals surface area contributed by atoms with Crippen molar-refractivity contribution in [3.05, 3.63) is 57.7 Å².